The fourth-order valence-corrected chi connectivity index (χ4v) is 3.44. The van der Waals surface area contributed by atoms with E-state index < -0.39 is 9.84 Å². The summed E-state index contributed by atoms with van der Waals surface area (Å²) in [6.45, 7) is 4.32. The molecular formula is C15H19NO3S. The summed E-state index contributed by atoms with van der Waals surface area (Å²) < 4.78 is 29.7. The number of benzene rings is 1. The molecule has 0 aliphatic carbocycles. The molecule has 0 saturated carbocycles. The predicted octanol–water partition coefficient (Wildman–Crippen LogP) is 2.54. The molecule has 1 heterocycles. The Balaban J connectivity index is 1.95. The van der Waals surface area contributed by atoms with Crippen molar-refractivity contribution in [2.24, 2.45) is 0 Å². The maximum Gasteiger partial charge on any atom is 0.179 e. The summed E-state index contributed by atoms with van der Waals surface area (Å²) in [6, 6.07) is 10.5. The highest BCUT2D eigenvalue weighted by Crippen LogP contribution is 2.13. The number of hydrogen-bond donors (Lipinski definition) is 1. The van der Waals surface area contributed by atoms with Crippen molar-refractivity contribution >= 4 is 9.84 Å². The minimum Gasteiger partial charge on any atom is -0.468 e. The second-order valence-corrected chi connectivity index (χ2v) is 6.99. The van der Waals surface area contributed by atoms with Gasteiger partial charge in [0.05, 0.1) is 23.5 Å². The monoisotopic (exact) mass is 293 g/mol. The summed E-state index contributed by atoms with van der Waals surface area (Å²) in [5, 5.41) is 3.15. The van der Waals surface area contributed by atoms with E-state index in [9.17, 15) is 8.42 Å². The topological polar surface area (TPSA) is 59.3 Å². The molecule has 2 aromatic rings. The fraction of sp³-hybridized carbons (Fsp3) is 0.333. The first-order valence-corrected chi connectivity index (χ1v) is 8.18. The fourth-order valence-electron chi connectivity index (χ4n) is 1.92. The van der Waals surface area contributed by atoms with Gasteiger partial charge in [0.15, 0.2) is 9.84 Å². The van der Waals surface area contributed by atoms with Crippen molar-refractivity contribution in [2.45, 2.75) is 31.3 Å². The molecule has 0 radical (unpaired) electrons. The average Bonchev–Trinajstić information content (AvgIpc) is 2.89. The lowest BCUT2D eigenvalue weighted by atomic mass is 10.2. The standard InChI is InChI=1S/C15H19NO3S/c1-12-5-7-15(8-6-12)20(17,18)11-13(2)16-10-14-4-3-9-19-14/h3-9,13,16H,10-11H2,1-2H3/t13-/m1/s1. The zero-order valence-electron chi connectivity index (χ0n) is 11.7. The lowest BCUT2D eigenvalue weighted by molar-refractivity contribution is 0.463. The number of aryl methyl sites for hydroxylation is 1. The van der Waals surface area contributed by atoms with Crippen LogP contribution in [0.4, 0.5) is 0 Å². The quantitative estimate of drug-likeness (QED) is 0.889. The van der Waals surface area contributed by atoms with E-state index in [1.807, 2.05) is 38.1 Å². The Hall–Kier alpha value is -1.59. The third-order valence-electron chi connectivity index (χ3n) is 3.05. The van der Waals surface area contributed by atoms with Gasteiger partial charge in [-0.25, -0.2) is 8.42 Å². The number of sulfone groups is 1. The summed E-state index contributed by atoms with van der Waals surface area (Å²) >= 11 is 0. The summed E-state index contributed by atoms with van der Waals surface area (Å²) in [4.78, 5) is 0.370. The molecule has 1 atom stereocenters. The highest BCUT2D eigenvalue weighted by atomic mass is 32.2. The van der Waals surface area contributed by atoms with E-state index in [2.05, 4.69) is 5.32 Å². The molecule has 0 aliphatic rings. The highest BCUT2D eigenvalue weighted by Gasteiger charge is 2.18. The smallest absolute Gasteiger partial charge is 0.179 e. The van der Waals surface area contributed by atoms with Gasteiger partial charge >= 0.3 is 0 Å². The second-order valence-electron chi connectivity index (χ2n) is 4.96. The van der Waals surface area contributed by atoms with Crippen LogP contribution in [-0.2, 0) is 16.4 Å². The van der Waals surface area contributed by atoms with Crippen LogP contribution < -0.4 is 5.32 Å². The Morgan fingerprint density at radius 1 is 1.20 bits per heavy atom. The van der Waals surface area contributed by atoms with Crippen molar-refractivity contribution in [1.29, 1.82) is 0 Å². The molecule has 4 nitrogen and oxygen atoms in total. The van der Waals surface area contributed by atoms with Crippen molar-refractivity contribution < 1.29 is 12.8 Å². The van der Waals surface area contributed by atoms with Crippen molar-refractivity contribution in [2.75, 3.05) is 5.75 Å². The van der Waals surface area contributed by atoms with Crippen LogP contribution in [0.1, 0.15) is 18.2 Å². The predicted molar refractivity (Wildman–Crippen MR) is 78.2 cm³/mol. The minimum absolute atomic E-state index is 0.0662. The van der Waals surface area contributed by atoms with Gasteiger partial charge in [0.2, 0.25) is 0 Å². The zero-order valence-corrected chi connectivity index (χ0v) is 12.5. The van der Waals surface area contributed by atoms with E-state index in [0.717, 1.165) is 11.3 Å². The van der Waals surface area contributed by atoms with Crippen LogP contribution in [0, 0.1) is 6.92 Å². The molecule has 1 aromatic carbocycles. The van der Waals surface area contributed by atoms with Crippen LogP contribution in [0.5, 0.6) is 0 Å². The first kappa shape index (κ1) is 14.8. The van der Waals surface area contributed by atoms with Gasteiger partial charge in [-0.15, -0.1) is 0 Å². The minimum atomic E-state index is -3.26. The van der Waals surface area contributed by atoms with Gasteiger partial charge in [-0.2, -0.15) is 0 Å². The van der Waals surface area contributed by atoms with Gasteiger partial charge in [0.1, 0.15) is 5.76 Å². The zero-order chi connectivity index (χ0) is 14.6. The number of hydrogen-bond acceptors (Lipinski definition) is 4. The van der Waals surface area contributed by atoms with Gasteiger partial charge in [0.25, 0.3) is 0 Å². The van der Waals surface area contributed by atoms with Crippen molar-refractivity contribution in [3.63, 3.8) is 0 Å². The average molecular weight is 293 g/mol. The Bertz CT molecular complexity index is 630. The molecule has 20 heavy (non-hydrogen) atoms. The normalized spacial score (nSPS) is 13.3. The van der Waals surface area contributed by atoms with E-state index in [1.165, 1.54) is 0 Å². The van der Waals surface area contributed by atoms with Crippen LogP contribution in [0.2, 0.25) is 0 Å². The molecule has 0 saturated heterocycles. The van der Waals surface area contributed by atoms with Crippen LogP contribution >= 0.6 is 0 Å². The molecule has 1 N–H and O–H groups in total. The van der Waals surface area contributed by atoms with Gasteiger partial charge in [-0.05, 0) is 38.1 Å². The second kappa shape index (κ2) is 6.24. The summed E-state index contributed by atoms with van der Waals surface area (Å²) in [5.74, 6) is 0.862. The molecule has 0 amide bonds. The molecular weight excluding hydrogens is 274 g/mol. The Morgan fingerprint density at radius 3 is 2.50 bits per heavy atom. The number of furan rings is 1. The largest absolute Gasteiger partial charge is 0.468 e. The van der Waals surface area contributed by atoms with Gasteiger partial charge in [-0.1, -0.05) is 17.7 Å². The van der Waals surface area contributed by atoms with Gasteiger partial charge < -0.3 is 9.73 Å². The van der Waals surface area contributed by atoms with E-state index in [-0.39, 0.29) is 11.8 Å². The highest BCUT2D eigenvalue weighted by molar-refractivity contribution is 7.91. The van der Waals surface area contributed by atoms with Crippen LogP contribution in [0.15, 0.2) is 52.0 Å². The van der Waals surface area contributed by atoms with Crippen LogP contribution in [0.3, 0.4) is 0 Å². The Morgan fingerprint density at radius 2 is 1.90 bits per heavy atom. The molecule has 0 spiro atoms. The SMILES string of the molecule is Cc1ccc(S(=O)(=O)C[C@@H](C)NCc2ccco2)cc1. The van der Waals surface area contributed by atoms with Crippen molar-refractivity contribution in [1.82, 2.24) is 5.32 Å². The number of nitrogens with one attached hydrogen (secondary N) is 1. The maximum atomic E-state index is 12.3. The van der Waals surface area contributed by atoms with Gasteiger partial charge in [0, 0.05) is 6.04 Å². The van der Waals surface area contributed by atoms with Crippen LogP contribution in [0.25, 0.3) is 0 Å². The van der Waals surface area contributed by atoms with E-state index in [4.69, 9.17) is 4.42 Å². The molecule has 1 aromatic heterocycles. The molecule has 0 unspecified atom stereocenters. The van der Waals surface area contributed by atoms with E-state index >= 15 is 0 Å². The summed E-state index contributed by atoms with van der Waals surface area (Å²) in [7, 11) is -3.26. The van der Waals surface area contributed by atoms with E-state index in [1.54, 1.807) is 18.4 Å². The first-order valence-electron chi connectivity index (χ1n) is 6.52. The van der Waals surface area contributed by atoms with Crippen molar-refractivity contribution in [3.8, 4) is 0 Å². The lowest BCUT2D eigenvalue weighted by Gasteiger charge is -2.13. The molecule has 5 heteroatoms. The Kier molecular flexibility index (Phi) is 4.62. The van der Waals surface area contributed by atoms with Gasteiger partial charge in [-0.3, -0.25) is 0 Å². The molecule has 2 rings (SSSR count). The third-order valence-corrected chi connectivity index (χ3v) is 4.98. The maximum absolute atomic E-state index is 12.3. The lowest BCUT2D eigenvalue weighted by Crippen LogP contribution is -2.32. The summed E-state index contributed by atoms with van der Waals surface area (Å²) in [6.07, 6.45) is 1.60. The van der Waals surface area contributed by atoms with E-state index in [0.29, 0.717) is 11.4 Å². The third kappa shape index (κ3) is 3.95. The molecule has 108 valence electrons. The molecule has 0 bridgehead atoms. The molecule has 0 aliphatic heterocycles. The molecule has 0 fully saturated rings. The Labute approximate surface area is 119 Å². The summed E-state index contributed by atoms with van der Waals surface area (Å²) in [5.41, 5.74) is 1.05. The van der Waals surface area contributed by atoms with Crippen LogP contribution in [-0.4, -0.2) is 20.2 Å². The number of rotatable bonds is 6. The van der Waals surface area contributed by atoms with Crippen molar-refractivity contribution in [3.05, 3.63) is 54.0 Å². The first-order chi connectivity index (χ1) is 9.47.